The molecule has 0 unspecified atom stereocenters. The molecule has 0 atom stereocenters. The van der Waals surface area contributed by atoms with Crippen molar-refractivity contribution in [3.8, 4) is 11.5 Å². The lowest BCUT2D eigenvalue weighted by atomic mass is 10.3. The first-order valence-corrected chi connectivity index (χ1v) is 10.7. The number of benzene rings is 2. The highest BCUT2D eigenvalue weighted by molar-refractivity contribution is 7.93. The summed E-state index contributed by atoms with van der Waals surface area (Å²) in [4.78, 5) is 12.2. The van der Waals surface area contributed by atoms with E-state index < -0.39 is 21.7 Å². The average Bonchev–Trinajstić information content (AvgIpc) is 2.58. The molecule has 0 aliphatic rings. The summed E-state index contributed by atoms with van der Waals surface area (Å²) in [6.45, 7) is 5.98. The summed E-state index contributed by atoms with van der Waals surface area (Å²) >= 11 is 5.94. The first-order valence-electron chi connectivity index (χ1n) is 8.68. The normalized spacial score (nSPS) is 11.2. The van der Waals surface area contributed by atoms with Gasteiger partial charge in [0.2, 0.25) is 15.9 Å². The minimum Gasteiger partial charge on any atom is -0.492 e. The Morgan fingerprint density at radius 1 is 1.14 bits per heavy atom. The number of carbonyl (C=O) groups excluding carboxylic acids is 1. The van der Waals surface area contributed by atoms with Crippen molar-refractivity contribution in [1.82, 2.24) is 0 Å². The van der Waals surface area contributed by atoms with Gasteiger partial charge in [0.15, 0.2) is 0 Å². The van der Waals surface area contributed by atoms with Crippen LogP contribution in [0.4, 0.5) is 11.4 Å². The van der Waals surface area contributed by atoms with Gasteiger partial charge in [-0.05, 0) is 63.2 Å². The van der Waals surface area contributed by atoms with Crippen molar-refractivity contribution >= 4 is 38.9 Å². The molecule has 0 bridgehead atoms. The van der Waals surface area contributed by atoms with Crippen molar-refractivity contribution in [3.63, 3.8) is 0 Å². The third-order valence-corrected chi connectivity index (χ3v) is 4.76. The second-order valence-electron chi connectivity index (χ2n) is 6.17. The van der Waals surface area contributed by atoms with Crippen LogP contribution in [0, 0.1) is 0 Å². The molecule has 2 rings (SSSR count). The second-order valence-corrected chi connectivity index (χ2v) is 8.33. The summed E-state index contributed by atoms with van der Waals surface area (Å²) in [6, 6.07) is 11.2. The van der Waals surface area contributed by atoms with E-state index in [4.69, 9.17) is 21.1 Å². The van der Waals surface area contributed by atoms with Crippen LogP contribution in [0.1, 0.15) is 20.8 Å². The maximum Gasteiger partial charge on any atom is 0.241 e. The number of rotatable bonds is 9. The van der Waals surface area contributed by atoms with Gasteiger partial charge in [0.1, 0.15) is 17.3 Å². The van der Waals surface area contributed by atoms with Gasteiger partial charge >= 0.3 is 0 Å². The minimum atomic E-state index is -3.90. The fraction of sp³-hybridized carbons (Fsp3) is 0.316. The topological polar surface area (TPSA) is 93.7 Å². The first kappa shape index (κ1) is 21.8. The van der Waals surface area contributed by atoms with E-state index >= 15 is 0 Å². The fourth-order valence-electron chi connectivity index (χ4n) is 2.33. The maximum absolute atomic E-state index is 12.3. The van der Waals surface area contributed by atoms with Crippen molar-refractivity contribution in [1.29, 1.82) is 0 Å². The molecule has 2 N–H and O–H groups in total. The number of sulfonamides is 1. The Balaban J connectivity index is 2.02. The molecule has 0 spiro atoms. The van der Waals surface area contributed by atoms with Gasteiger partial charge in [-0.15, -0.1) is 0 Å². The molecule has 0 saturated heterocycles. The Morgan fingerprint density at radius 3 is 2.43 bits per heavy atom. The molecular weight excluding hydrogens is 404 g/mol. The number of anilines is 2. The van der Waals surface area contributed by atoms with Gasteiger partial charge in [-0.2, -0.15) is 0 Å². The average molecular weight is 427 g/mol. The van der Waals surface area contributed by atoms with E-state index in [1.54, 1.807) is 43.3 Å². The van der Waals surface area contributed by atoms with Crippen molar-refractivity contribution in [3.05, 3.63) is 47.5 Å². The predicted octanol–water partition coefficient (Wildman–Crippen LogP) is 3.91. The van der Waals surface area contributed by atoms with Crippen LogP contribution in [-0.2, 0) is 14.8 Å². The standard InChI is InChI=1S/C19H23ClN2O5S/c1-4-26-18-10-5-14(20)11-17(18)21-19(23)12-28(24,25)22-15-6-8-16(9-7-15)27-13(2)3/h5-11,13,22H,4,12H2,1-3H3,(H,21,23). The number of amides is 1. The van der Waals surface area contributed by atoms with E-state index in [2.05, 4.69) is 10.0 Å². The lowest BCUT2D eigenvalue weighted by molar-refractivity contribution is -0.113. The summed E-state index contributed by atoms with van der Waals surface area (Å²) in [5.74, 6) is -0.433. The summed E-state index contributed by atoms with van der Waals surface area (Å²) in [6.07, 6.45) is 0.0132. The van der Waals surface area contributed by atoms with Gasteiger partial charge in [0.25, 0.3) is 0 Å². The molecule has 9 heteroatoms. The Morgan fingerprint density at radius 2 is 1.82 bits per heavy atom. The van der Waals surface area contributed by atoms with Crippen molar-refractivity contribution < 1.29 is 22.7 Å². The Kier molecular flexibility index (Phi) is 7.53. The smallest absolute Gasteiger partial charge is 0.241 e. The highest BCUT2D eigenvalue weighted by Gasteiger charge is 2.18. The van der Waals surface area contributed by atoms with Crippen LogP contribution in [0.2, 0.25) is 5.02 Å². The van der Waals surface area contributed by atoms with E-state index in [9.17, 15) is 13.2 Å². The molecule has 0 fully saturated rings. The lowest BCUT2D eigenvalue weighted by Crippen LogP contribution is -2.27. The Labute approximate surface area is 170 Å². The molecule has 0 saturated carbocycles. The van der Waals surface area contributed by atoms with Crippen LogP contribution in [-0.4, -0.2) is 32.8 Å². The number of carbonyl (C=O) groups is 1. The van der Waals surface area contributed by atoms with Gasteiger partial charge in [-0.1, -0.05) is 11.6 Å². The van der Waals surface area contributed by atoms with E-state index in [0.717, 1.165) is 0 Å². The molecule has 2 aromatic carbocycles. The maximum atomic E-state index is 12.3. The van der Waals surface area contributed by atoms with Crippen LogP contribution in [0.5, 0.6) is 11.5 Å². The second kappa shape index (κ2) is 9.66. The number of ether oxygens (including phenoxy) is 2. The van der Waals surface area contributed by atoms with Crippen LogP contribution in [0.3, 0.4) is 0 Å². The van der Waals surface area contributed by atoms with E-state index in [1.165, 1.54) is 6.07 Å². The molecule has 0 aromatic heterocycles. The Hall–Kier alpha value is -2.45. The zero-order valence-electron chi connectivity index (χ0n) is 15.9. The molecule has 1 amide bonds. The van der Waals surface area contributed by atoms with E-state index in [1.807, 2.05) is 13.8 Å². The van der Waals surface area contributed by atoms with Crippen LogP contribution in [0.15, 0.2) is 42.5 Å². The monoisotopic (exact) mass is 426 g/mol. The van der Waals surface area contributed by atoms with Crippen LogP contribution < -0.4 is 19.5 Å². The zero-order chi connectivity index (χ0) is 20.7. The summed E-state index contributed by atoms with van der Waals surface area (Å²) < 4.78 is 37.8. The molecule has 152 valence electrons. The number of hydrogen-bond donors (Lipinski definition) is 2. The van der Waals surface area contributed by atoms with Gasteiger partial charge in [0, 0.05) is 10.7 Å². The highest BCUT2D eigenvalue weighted by atomic mass is 35.5. The Bertz CT molecular complexity index is 914. The largest absolute Gasteiger partial charge is 0.492 e. The van der Waals surface area contributed by atoms with Crippen molar-refractivity contribution in [2.75, 3.05) is 22.4 Å². The molecule has 28 heavy (non-hydrogen) atoms. The van der Waals surface area contributed by atoms with Crippen molar-refractivity contribution in [2.24, 2.45) is 0 Å². The highest BCUT2D eigenvalue weighted by Crippen LogP contribution is 2.28. The number of hydrogen-bond acceptors (Lipinski definition) is 5. The van der Waals surface area contributed by atoms with Gasteiger partial charge < -0.3 is 14.8 Å². The van der Waals surface area contributed by atoms with Crippen LogP contribution >= 0.6 is 11.6 Å². The molecule has 0 radical (unpaired) electrons. The molecule has 0 heterocycles. The van der Waals surface area contributed by atoms with Gasteiger partial charge in [0.05, 0.1) is 18.4 Å². The third-order valence-electron chi connectivity index (χ3n) is 3.34. The molecule has 0 aliphatic heterocycles. The lowest BCUT2D eigenvalue weighted by Gasteiger charge is -2.13. The SMILES string of the molecule is CCOc1ccc(Cl)cc1NC(=O)CS(=O)(=O)Nc1ccc(OC(C)C)cc1. The zero-order valence-corrected chi connectivity index (χ0v) is 17.4. The molecule has 0 aliphatic carbocycles. The third kappa shape index (κ3) is 6.94. The van der Waals surface area contributed by atoms with Crippen LogP contribution in [0.25, 0.3) is 0 Å². The summed E-state index contributed by atoms with van der Waals surface area (Å²) in [5, 5.41) is 2.91. The fourth-order valence-corrected chi connectivity index (χ4v) is 3.49. The van der Waals surface area contributed by atoms with Gasteiger partial charge in [-0.3, -0.25) is 9.52 Å². The summed E-state index contributed by atoms with van der Waals surface area (Å²) in [5.41, 5.74) is 0.645. The molecule has 7 nitrogen and oxygen atoms in total. The number of halogens is 1. The first-order chi connectivity index (χ1) is 13.2. The van der Waals surface area contributed by atoms with E-state index in [-0.39, 0.29) is 6.10 Å². The quantitative estimate of drug-likeness (QED) is 0.634. The predicted molar refractivity (Wildman–Crippen MR) is 111 cm³/mol. The van der Waals surface area contributed by atoms with E-state index in [0.29, 0.717) is 34.5 Å². The van der Waals surface area contributed by atoms with Crippen molar-refractivity contribution in [2.45, 2.75) is 26.9 Å². The molecule has 2 aromatic rings. The summed E-state index contributed by atoms with van der Waals surface area (Å²) in [7, 11) is -3.90. The van der Waals surface area contributed by atoms with Gasteiger partial charge in [-0.25, -0.2) is 8.42 Å². The number of nitrogens with one attached hydrogen (secondary N) is 2. The molecular formula is C19H23ClN2O5S. The minimum absolute atomic E-state index is 0.0132.